The van der Waals surface area contributed by atoms with Crippen LogP contribution in [0.1, 0.15) is 18.9 Å². The normalized spacial score (nSPS) is 24.5. The van der Waals surface area contributed by atoms with Gasteiger partial charge in [0.25, 0.3) is 0 Å². The largest absolute Gasteiger partial charge is 0.378 e. The Morgan fingerprint density at radius 3 is 2.74 bits per heavy atom. The van der Waals surface area contributed by atoms with Crippen LogP contribution in [-0.2, 0) is 11.3 Å². The lowest BCUT2D eigenvalue weighted by Crippen LogP contribution is -2.38. The van der Waals surface area contributed by atoms with Crippen molar-refractivity contribution in [3.63, 3.8) is 0 Å². The average molecular weight is 320 g/mol. The van der Waals surface area contributed by atoms with E-state index in [1.165, 1.54) is 6.42 Å². The minimum atomic E-state index is -0.176. The molecule has 6 heteroatoms. The summed E-state index contributed by atoms with van der Waals surface area (Å²) in [6.45, 7) is 5.57. The molecule has 5 nitrogen and oxygen atoms in total. The van der Waals surface area contributed by atoms with E-state index in [2.05, 4.69) is 22.5 Å². The van der Waals surface area contributed by atoms with Crippen LogP contribution in [0.25, 0.3) is 0 Å². The van der Waals surface area contributed by atoms with Crippen molar-refractivity contribution in [1.82, 2.24) is 10.6 Å². The third-order valence-corrected chi connectivity index (χ3v) is 4.48. The van der Waals surface area contributed by atoms with Crippen LogP contribution in [0.3, 0.4) is 0 Å². The van der Waals surface area contributed by atoms with Gasteiger partial charge in [0.05, 0.1) is 18.9 Å². The highest BCUT2D eigenvalue weighted by atomic mass is 19.1. The maximum absolute atomic E-state index is 14.4. The third-order valence-electron chi connectivity index (χ3n) is 4.48. The molecule has 2 N–H and O–H groups in total. The maximum Gasteiger partial charge on any atom is 0.191 e. The molecule has 3 rings (SSSR count). The highest BCUT2D eigenvalue weighted by Gasteiger charge is 2.33. The number of anilines is 1. The summed E-state index contributed by atoms with van der Waals surface area (Å²) in [6, 6.07) is 5.94. The fourth-order valence-corrected chi connectivity index (χ4v) is 2.80. The Morgan fingerprint density at radius 1 is 1.39 bits per heavy atom. The second kappa shape index (κ2) is 7.17. The topological polar surface area (TPSA) is 48.9 Å². The molecule has 23 heavy (non-hydrogen) atoms. The minimum absolute atomic E-state index is 0.176. The van der Waals surface area contributed by atoms with Gasteiger partial charge in [0, 0.05) is 32.7 Å². The minimum Gasteiger partial charge on any atom is -0.378 e. The van der Waals surface area contributed by atoms with Gasteiger partial charge in [0.2, 0.25) is 0 Å². The van der Waals surface area contributed by atoms with Gasteiger partial charge < -0.3 is 20.3 Å². The van der Waals surface area contributed by atoms with E-state index in [1.807, 2.05) is 17.0 Å². The number of nitrogens with zero attached hydrogens (tertiary/aromatic N) is 2. The number of guanidine groups is 1. The highest BCUT2D eigenvalue weighted by molar-refractivity contribution is 5.80. The summed E-state index contributed by atoms with van der Waals surface area (Å²) in [5.41, 5.74) is 1.57. The van der Waals surface area contributed by atoms with E-state index in [1.54, 1.807) is 13.1 Å². The predicted octanol–water partition coefficient (Wildman–Crippen LogP) is 1.74. The summed E-state index contributed by atoms with van der Waals surface area (Å²) < 4.78 is 19.7. The molecule has 0 radical (unpaired) electrons. The summed E-state index contributed by atoms with van der Waals surface area (Å²) in [4.78, 5) is 6.24. The fourth-order valence-electron chi connectivity index (χ4n) is 2.80. The van der Waals surface area contributed by atoms with Gasteiger partial charge in [-0.1, -0.05) is 13.0 Å². The van der Waals surface area contributed by atoms with Crippen molar-refractivity contribution in [2.45, 2.75) is 25.9 Å². The lowest BCUT2D eigenvalue weighted by Gasteiger charge is -2.29. The quantitative estimate of drug-likeness (QED) is 0.655. The zero-order valence-corrected chi connectivity index (χ0v) is 13.8. The Kier molecular flexibility index (Phi) is 5.00. The van der Waals surface area contributed by atoms with Gasteiger partial charge in [-0.15, -0.1) is 0 Å². The summed E-state index contributed by atoms with van der Waals surface area (Å²) in [5, 5.41) is 6.60. The number of ether oxygens (including phenoxy) is 1. The fraction of sp³-hybridized carbons (Fsp3) is 0.588. The first-order chi connectivity index (χ1) is 11.2. The van der Waals surface area contributed by atoms with E-state index in [9.17, 15) is 4.39 Å². The standard InChI is InChI=1S/C17H25FN4O/c1-12-9-15(12)21-17(19-2)20-11-13-3-4-16(14(18)10-13)22-5-7-23-8-6-22/h3-4,10,12,15H,5-9,11H2,1-2H3,(H2,19,20,21). The van der Waals surface area contributed by atoms with Crippen LogP contribution in [0.5, 0.6) is 0 Å². The number of morpholine rings is 1. The van der Waals surface area contributed by atoms with Crippen LogP contribution in [0.15, 0.2) is 23.2 Å². The Hall–Kier alpha value is -1.82. The maximum atomic E-state index is 14.4. The van der Waals surface area contributed by atoms with Crippen molar-refractivity contribution < 1.29 is 9.13 Å². The lowest BCUT2D eigenvalue weighted by atomic mass is 10.1. The second-order valence-corrected chi connectivity index (χ2v) is 6.27. The van der Waals surface area contributed by atoms with Crippen molar-refractivity contribution >= 4 is 11.6 Å². The van der Waals surface area contributed by atoms with Gasteiger partial charge in [0.1, 0.15) is 5.82 Å². The van der Waals surface area contributed by atoms with Gasteiger partial charge in [0.15, 0.2) is 5.96 Å². The average Bonchev–Trinajstić information content (AvgIpc) is 3.27. The van der Waals surface area contributed by atoms with E-state index in [-0.39, 0.29) is 5.82 Å². The van der Waals surface area contributed by atoms with Gasteiger partial charge in [-0.2, -0.15) is 0 Å². The molecule has 1 heterocycles. The van der Waals surface area contributed by atoms with Gasteiger partial charge >= 0.3 is 0 Å². The molecule has 1 aromatic rings. The van der Waals surface area contributed by atoms with E-state index in [0.717, 1.165) is 24.6 Å². The van der Waals surface area contributed by atoms with Crippen LogP contribution < -0.4 is 15.5 Å². The SMILES string of the molecule is CN=C(NCc1ccc(N2CCOCC2)c(F)c1)NC1CC1C. The molecule has 0 aromatic heterocycles. The predicted molar refractivity (Wildman–Crippen MR) is 90.3 cm³/mol. The summed E-state index contributed by atoms with van der Waals surface area (Å²) in [6.07, 6.45) is 1.18. The summed E-state index contributed by atoms with van der Waals surface area (Å²) in [5.74, 6) is 1.31. The van der Waals surface area contributed by atoms with E-state index in [0.29, 0.717) is 37.4 Å². The molecule has 0 amide bonds. The third kappa shape index (κ3) is 4.13. The van der Waals surface area contributed by atoms with Gasteiger partial charge in [-0.05, 0) is 30.0 Å². The molecule has 0 bridgehead atoms. The Balaban J connectivity index is 1.56. The molecule has 1 saturated heterocycles. The number of rotatable bonds is 4. The number of aliphatic imine (C=N–C) groups is 1. The molecule has 1 aromatic carbocycles. The Labute approximate surface area is 136 Å². The molecule has 1 aliphatic heterocycles. The molecule has 2 unspecified atom stereocenters. The lowest BCUT2D eigenvalue weighted by molar-refractivity contribution is 0.122. The van der Waals surface area contributed by atoms with Crippen LogP contribution in [0.2, 0.25) is 0 Å². The van der Waals surface area contributed by atoms with Gasteiger partial charge in [-0.3, -0.25) is 4.99 Å². The van der Waals surface area contributed by atoms with Crippen LogP contribution >= 0.6 is 0 Å². The molecule has 0 spiro atoms. The first kappa shape index (κ1) is 16.1. The van der Waals surface area contributed by atoms with Gasteiger partial charge in [-0.25, -0.2) is 4.39 Å². The Morgan fingerprint density at radius 2 is 2.13 bits per heavy atom. The first-order valence-electron chi connectivity index (χ1n) is 8.25. The molecule has 2 aliphatic rings. The molecular weight excluding hydrogens is 295 g/mol. The molecular formula is C17H25FN4O. The second-order valence-electron chi connectivity index (χ2n) is 6.27. The molecule has 2 atom stereocenters. The smallest absolute Gasteiger partial charge is 0.191 e. The van der Waals surface area contributed by atoms with Crippen molar-refractivity contribution in [1.29, 1.82) is 0 Å². The van der Waals surface area contributed by atoms with Crippen molar-refractivity contribution in [2.24, 2.45) is 10.9 Å². The highest BCUT2D eigenvalue weighted by Crippen LogP contribution is 2.28. The van der Waals surface area contributed by atoms with E-state index >= 15 is 0 Å². The van der Waals surface area contributed by atoms with Crippen LogP contribution in [-0.4, -0.2) is 45.4 Å². The van der Waals surface area contributed by atoms with Crippen molar-refractivity contribution in [2.75, 3.05) is 38.3 Å². The number of benzene rings is 1. The zero-order chi connectivity index (χ0) is 16.2. The first-order valence-corrected chi connectivity index (χ1v) is 8.25. The van der Waals surface area contributed by atoms with Crippen molar-refractivity contribution in [3.05, 3.63) is 29.6 Å². The summed E-state index contributed by atoms with van der Waals surface area (Å²) in [7, 11) is 1.75. The van der Waals surface area contributed by atoms with Crippen LogP contribution in [0, 0.1) is 11.7 Å². The molecule has 1 saturated carbocycles. The molecule has 126 valence electrons. The van der Waals surface area contributed by atoms with E-state index < -0.39 is 0 Å². The number of nitrogens with one attached hydrogen (secondary N) is 2. The van der Waals surface area contributed by atoms with Crippen molar-refractivity contribution in [3.8, 4) is 0 Å². The molecule has 2 fully saturated rings. The van der Waals surface area contributed by atoms with Crippen LogP contribution in [0.4, 0.5) is 10.1 Å². The molecule has 1 aliphatic carbocycles. The number of hydrogen-bond donors (Lipinski definition) is 2. The summed E-state index contributed by atoms with van der Waals surface area (Å²) >= 11 is 0. The number of halogens is 1. The monoisotopic (exact) mass is 320 g/mol. The van der Waals surface area contributed by atoms with E-state index in [4.69, 9.17) is 4.74 Å². The zero-order valence-electron chi connectivity index (χ0n) is 13.8. The Bertz CT molecular complexity index is 572. The number of hydrogen-bond acceptors (Lipinski definition) is 3.